The Morgan fingerprint density at radius 2 is 1.70 bits per heavy atom. The molecule has 1 aliphatic heterocycles. The van der Waals surface area contributed by atoms with Gasteiger partial charge in [-0.25, -0.2) is 4.79 Å². The van der Waals surface area contributed by atoms with Crippen LogP contribution in [0.25, 0.3) is 22.3 Å². The predicted molar refractivity (Wildman–Crippen MR) is 130 cm³/mol. The molecule has 0 N–H and O–H groups in total. The van der Waals surface area contributed by atoms with Crippen LogP contribution in [0.5, 0.6) is 0 Å². The fraction of sp³-hybridized carbons (Fsp3) is 0.429. The second kappa shape index (κ2) is 9.52. The first-order valence-corrected chi connectivity index (χ1v) is 12.2. The maximum absolute atomic E-state index is 13.4. The highest BCUT2D eigenvalue weighted by Crippen LogP contribution is 2.31. The molecule has 5 rings (SSSR count). The Morgan fingerprint density at radius 1 is 0.939 bits per heavy atom. The van der Waals surface area contributed by atoms with Gasteiger partial charge in [0.25, 0.3) is 0 Å². The fourth-order valence-corrected chi connectivity index (χ4v) is 5.42. The number of rotatable bonds is 4. The normalized spacial score (nSPS) is 21.7. The van der Waals surface area contributed by atoms with E-state index in [1.54, 1.807) is 25.1 Å². The number of benzene rings is 2. The number of hydrogen-bond acceptors (Lipinski definition) is 5. The number of esters is 1. The summed E-state index contributed by atoms with van der Waals surface area (Å²) in [5, 5.41) is 0.415. The average Bonchev–Trinajstić information content (AvgIpc) is 2.87. The Labute approximate surface area is 194 Å². The molecule has 3 aromatic rings. The van der Waals surface area contributed by atoms with E-state index in [0.29, 0.717) is 27.9 Å². The summed E-state index contributed by atoms with van der Waals surface area (Å²) in [6, 6.07) is 15.0. The van der Waals surface area contributed by atoms with E-state index in [1.807, 2.05) is 30.3 Å². The van der Waals surface area contributed by atoms with Crippen LogP contribution in [0.1, 0.15) is 60.9 Å². The molecule has 1 aromatic heterocycles. The molecule has 172 valence electrons. The average molecular weight is 446 g/mol. The van der Waals surface area contributed by atoms with Gasteiger partial charge in [0, 0.05) is 17.2 Å². The van der Waals surface area contributed by atoms with E-state index >= 15 is 0 Å². The molecule has 2 atom stereocenters. The number of likely N-dealkylation sites (tertiary alicyclic amines) is 1. The second-order valence-corrected chi connectivity index (χ2v) is 9.33. The topological polar surface area (TPSA) is 59.8 Å². The summed E-state index contributed by atoms with van der Waals surface area (Å²) < 4.78 is 12.4. The predicted octanol–water partition coefficient (Wildman–Crippen LogP) is 5.72. The molecule has 2 heterocycles. The van der Waals surface area contributed by atoms with Crippen molar-refractivity contribution < 1.29 is 13.9 Å². The van der Waals surface area contributed by atoms with Gasteiger partial charge in [-0.05, 0) is 64.3 Å². The highest BCUT2D eigenvalue weighted by Gasteiger charge is 2.34. The molecular formula is C28H31NO4. The SMILES string of the molecule is Cc1c(-c2ccccc2)oc2c(C(=O)O[C@@H]3CCCC[C@@H]3N3CCCCC3)cccc2c1=O. The van der Waals surface area contributed by atoms with Crippen molar-refractivity contribution in [3.63, 3.8) is 0 Å². The summed E-state index contributed by atoms with van der Waals surface area (Å²) in [7, 11) is 0. The van der Waals surface area contributed by atoms with Crippen molar-refractivity contribution in [2.24, 2.45) is 0 Å². The number of fused-ring (bicyclic) bond motifs is 1. The third-order valence-electron chi connectivity index (χ3n) is 7.19. The van der Waals surface area contributed by atoms with Crippen LogP contribution in [0.15, 0.2) is 57.7 Å². The molecule has 0 unspecified atom stereocenters. The van der Waals surface area contributed by atoms with Crippen molar-refractivity contribution in [1.82, 2.24) is 4.90 Å². The number of piperidine rings is 1. The van der Waals surface area contributed by atoms with Gasteiger partial charge in [-0.1, -0.05) is 49.2 Å². The van der Waals surface area contributed by atoms with E-state index in [-0.39, 0.29) is 17.6 Å². The molecule has 1 aliphatic carbocycles. The maximum atomic E-state index is 13.4. The van der Waals surface area contributed by atoms with Crippen molar-refractivity contribution in [1.29, 1.82) is 0 Å². The lowest BCUT2D eigenvalue weighted by atomic mass is 9.90. The highest BCUT2D eigenvalue weighted by atomic mass is 16.5. The smallest absolute Gasteiger partial charge is 0.342 e. The third-order valence-corrected chi connectivity index (χ3v) is 7.19. The molecule has 2 fully saturated rings. The van der Waals surface area contributed by atoms with Crippen molar-refractivity contribution in [3.8, 4) is 11.3 Å². The molecule has 0 bridgehead atoms. The Kier molecular flexibility index (Phi) is 6.32. The first-order chi connectivity index (χ1) is 16.1. The van der Waals surface area contributed by atoms with Crippen molar-refractivity contribution in [2.45, 2.75) is 64.0 Å². The van der Waals surface area contributed by atoms with Gasteiger partial charge < -0.3 is 9.15 Å². The summed E-state index contributed by atoms with van der Waals surface area (Å²) >= 11 is 0. The molecule has 5 nitrogen and oxygen atoms in total. The zero-order chi connectivity index (χ0) is 22.8. The van der Waals surface area contributed by atoms with Gasteiger partial charge >= 0.3 is 5.97 Å². The molecular weight excluding hydrogens is 414 g/mol. The highest BCUT2D eigenvalue weighted by molar-refractivity contribution is 6.02. The monoisotopic (exact) mass is 445 g/mol. The summed E-state index contributed by atoms with van der Waals surface area (Å²) in [5.41, 5.74) is 1.87. The molecule has 5 heteroatoms. The van der Waals surface area contributed by atoms with Gasteiger partial charge in [0.1, 0.15) is 17.4 Å². The van der Waals surface area contributed by atoms with Crippen molar-refractivity contribution in [3.05, 3.63) is 69.9 Å². The van der Waals surface area contributed by atoms with Crippen LogP contribution < -0.4 is 5.43 Å². The number of hydrogen-bond donors (Lipinski definition) is 0. The van der Waals surface area contributed by atoms with Crippen LogP contribution in [-0.4, -0.2) is 36.1 Å². The molecule has 0 amide bonds. The zero-order valence-electron chi connectivity index (χ0n) is 19.2. The Hall–Kier alpha value is -2.92. The van der Waals surface area contributed by atoms with Crippen LogP contribution >= 0.6 is 0 Å². The van der Waals surface area contributed by atoms with Gasteiger partial charge in [0.2, 0.25) is 0 Å². The van der Waals surface area contributed by atoms with Gasteiger partial charge in [0.15, 0.2) is 11.0 Å². The number of nitrogens with zero attached hydrogens (tertiary/aromatic N) is 1. The van der Waals surface area contributed by atoms with E-state index < -0.39 is 5.97 Å². The molecule has 0 spiro atoms. The second-order valence-electron chi connectivity index (χ2n) is 9.33. The molecule has 2 aromatic carbocycles. The maximum Gasteiger partial charge on any atom is 0.342 e. The van der Waals surface area contributed by atoms with Crippen LogP contribution in [-0.2, 0) is 4.74 Å². The number of para-hydroxylation sites is 1. The minimum absolute atomic E-state index is 0.117. The lowest BCUT2D eigenvalue weighted by molar-refractivity contribution is -0.0217. The van der Waals surface area contributed by atoms with Crippen LogP contribution in [0.2, 0.25) is 0 Å². The van der Waals surface area contributed by atoms with Gasteiger partial charge in [-0.15, -0.1) is 0 Å². The Bertz CT molecular complexity index is 1190. The molecule has 1 saturated carbocycles. The van der Waals surface area contributed by atoms with E-state index in [0.717, 1.165) is 37.9 Å². The van der Waals surface area contributed by atoms with Crippen LogP contribution in [0, 0.1) is 6.92 Å². The van der Waals surface area contributed by atoms with E-state index in [2.05, 4.69) is 4.90 Å². The third kappa shape index (κ3) is 4.34. The molecule has 2 aliphatic rings. The van der Waals surface area contributed by atoms with Crippen molar-refractivity contribution in [2.75, 3.05) is 13.1 Å². The lowest BCUT2D eigenvalue weighted by Gasteiger charge is -2.41. The van der Waals surface area contributed by atoms with Crippen LogP contribution in [0.3, 0.4) is 0 Å². The van der Waals surface area contributed by atoms with Gasteiger partial charge in [0.05, 0.1) is 5.39 Å². The molecule has 33 heavy (non-hydrogen) atoms. The zero-order valence-corrected chi connectivity index (χ0v) is 19.2. The minimum Gasteiger partial charge on any atom is -0.457 e. The lowest BCUT2D eigenvalue weighted by Crippen LogP contribution is -2.49. The summed E-state index contributed by atoms with van der Waals surface area (Å²) in [4.78, 5) is 29.0. The Morgan fingerprint density at radius 3 is 2.48 bits per heavy atom. The first kappa shape index (κ1) is 21.9. The number of ether oxygens (including phenoxy) is 1. The van der Waals surface area contributed by atoms with Gasteiger partial charge in [-0.3, -0.25) is 9.69 Å². The minimum atomic E-state index is -0.402. The standard InChI is InChI=1S/C28H31NO4/c1-19-25(30)21-13-10-14-22(27(21)33-26(19)20-11-4-2-5-12-20)28(31)32-24-16-7-6-15-23(24)29-17-8-3-9-18-29/h2,4-5,10-14,23-24H,3,6-9,15-18H2,1H3/t23-,24+/m0/s1. The summed E-state index contributed by atoms with van der Waals surface area (Å²) in [6.45, 7) is 3.94. The van der Waals surface area contributed by atoms with E-state index in [9.17, 15) is 9.59 Å². The largest absolute Gasteiger partial charge is 0.457 e. The number of carbonyl (C=O) groups is 1. The van der Waals surface area contributed by atoms with Crippen molar-refractivity contribution >= 4 is 16.9 Å². The summed E-state index contributed by atoms with van der Waals surface area (Å²) in [5.74, 6) is 0.0951. The van der Waals surface area contributed by atoms with Gasteiger partial charge in [-0.2, -0.15) is 0 Å². The molecule has 1 saturated heterocycles. The molecule has 0 radical (unpaired) electrons. The van der Waals surface area contributed by atoms with E-state index in [4.69, 9.17) is 9.15 Å². The fourth-order valence-electron chi connectivity index (χ4n) is 5.42. The quantitative estimate of drug-likeness (QED) is 0.481. The first-order valence-electron chi connectivity index (χ1n) is 12.2. The Balaban J connectivity index is 1.49. The van der Waals surface area contributed by atoms with Crippen LogP contribution in [0.4, 0.5) is 0 Å². The van der Waals surface area contributed by atoms with E-state index in [1.165, 1.54) is 25.7 Å². The summed E-state index contributed by atoms with van der Waals surface area (Å²) in [6.07, 6.45) is 7.80. The number of carbonyl (C=O) groups excluding carboxylic acids is 1.